The minimum Gasteiger partial charge on any atom is -0.465 e. The van der Waals surface area contributed by atoms with E-state index in [9.17, 15) is 14.7 Å². The number of benzene rings is 1. The number of hydrogen-bond donors (Lipinski definition) is 3. The van der Waals surface area contributed by atoms with Crippen molar-refractivity contribution in [3.63, 3.8) is 0 Å². The number of carboxylic acid groups (broad SMARTS) is 1. The molecule has 3 heterocycles. The summed E-state index contributed by atoms with van der Waals surface area (Å²) in [5.74, 6) is -0.145. The van der Waals surface area contributed by atoms with Crippen LogP contribution in [0.25, 0.3) is 11.0 Å². The van der Waals surface area contributed by atoms with Gasteiger partial charge >= 0.3 is 6.09 Å². The Kier molecular flexibility index (Phi) is 7.43. The molecular formula is C27H34FN5O4. The highest BCUT2D eigenvalue weighted by atomic mass is 19.1. The summed E-state index contributed by atoms with van der Waals surface area (Å²) in [7, 11) is 0. The third-order valence-corrected chi connectivity index (χ3v) is 7.95. The standard InChI is InChI=1S/C27H34FN5O4/c1-16-19(15-37-32-16)26(34)31-23(17-9-5-3-2-4-6-10-17)25-29-20-13-12-18(22(28)24(20)30-25)21-11-7-8-14-33(21)27(35)36/h12-13,15,17,21,23H,2-11,14H2,1H3,(H,29,30)(H,31,34)(H,35,36). The molecule has 1 aromatic carbocycles. The molecule has 1 aliphatic heterocycles. The number of imidazole rings is 1. The fourth-order valence-electron chi connectivity index (χ4n) is 5.93. The summed E-state index contributed by atoms with van der Waals surface area (Å²) in [6.45, 7) is 2.11. The van der Waals surface area contributed by atoms with Gasteiger partial charge in [0, 0.05) is 12.1 Å². The first-order valence-corrected chi connectivity index (χ1v) is 13.3. The fourth-order valence-corrected chi connectivity index (χ4v) is 5.93. The minimum atomic E-state index is -1.04. The van der Waals surface area contributed by atoms with E-state index in [0.717, 1.165) is 51.4 Å². The fraction of sp³-hybridized carbons (Fsp3) is 0.556. The quantitative estimate of drug-likeness (QED) is 0.384. The molecule has 2 unspecified atom stereocenters. The van der Waals surface area contributed by atoms with Crippen molar-refractivity contribution < 1.29 is 23.6 Å². The number of aryl methyl sites for hydroxylation is 1. The maximum absolute atomic E-state index is 15.9. The highest BCUT2D eigenvalue weighted by molar-refractivity contribution is 5.95. The van der Waals surface area contributed by atoms with E-state index in [1.54, 1.807) is 19.1 Å². The monoisotopic (exact) mass is 511 g/mol. The maximum Gasteiger partial charge on any atom is 0.407 e. The molecular weight excluding hydrogens is 477 g/mol. The molecule has 1 saturated carbocycles. The first-order chi connectivity index (χ1) is 17.9. The summed E-state index contributed by atoms with van der Waals surface area (Å²) in [4.78, 5) is 34.2. The summed E-state index contributed by atoms with van der Waals surface area (Å²) >= 11 is 0. The van der Waals surface area contributed by atoms with Gasteiger partial charge in [0.1, 0.15) is 23.2 Å². The number of rotatable bonds is 5. The highest BCUT2D eigenvalue weighted by Gasteiger charge is 2.33. The largest absolute Gasteiger partial charge is 0.465 e. The molecule has 0 bridgehead atoms. The van der Waals surface area contributed by atoms with Crippen molar-refractivity contribution in [2.24, 2.45) is 5.92 Å². The molecule has 198 valence electrons. The van der Waals surface area contributed by atoms with Gasteiger partial charge in [-0.1, -0.05) is 43.3 Å². The van der Waals surface area contributed by atoms with Crippen LogP contribution in [0.3, 0.4) is 0 Å². The van der Waals surface area contributed by atoms with Crippen molar-refractivity contribution in [1.82, 2.24) is 25.3 Å². The van der Waals surface area contributed by atoms with Crippen molar-refractivity contribution in [2.75, 3.05) is 6.54 Å². The lowest BCUT2D eigenvalue weighted by Gasteiger charge is -2.33. The number of carbonyl (C=O) groups excluding carboxylic acids is 1. The molecule has 2 fully saturated rings. The molecule has 3 aromatic rings. The Labute approximate surface area is 214 Å². The van der Waals surface area contributed by atoms with Gasteiger partial charge in [0.15, 0.2) is 5.82 Å². The molecule has 1 saturated heterocycles. The SMILES string of the molecule is Cc1nocc1C(=O)NC(c1nc2c(F)c(C3CCCCN3C(=O)O)ccc2[nH]1)C1CCCCCCC1. The molecule has 10 heteroatoms. The van der Waals surface area contributed by atoms with Crippen LogP contribution in [-0.2, 0) is 0 Å². The molecule has 37 heavy (non-hydrogen) atoms. The topological polar surface area (TPSA) is 124 Å². The average molecular weight is 512 g/mol. The van der Waals surface area contributed by atoms with Crippen molar-refractivity contribution >= 4 is 23.0 Å². The molecule has 0 radical (unpaired) electrons. The van der Waals surface area contributed by atoms with E-state index >= 15 is 4.39 Å². The van der Waals surface area contributed by atoms with Gasteiger partial charge in [0.2, 0.25) is 0 Å². The minimum absolute atomic E-state index is 0.147. The number of fused-ring (bicyclic) bond motifs is 1. The van der Waals surface area contributed by atoms with Gasteiger partial charge in [-0.3, -0.25) is 4.79 Å². The van der Waals surface area contributed by atoms with Gasteiger partial charge in [-0.05, 0) is 51.0 Å². The zero-order chi connectivity index (χ0) is 25.9. The van der Waals surface area contributed by atoms with Crippen LogP contribution in [0.2, 0.25) is 0 Å². The third kappa shape index (κ3) is 5.19. The van der Waals surface area contributed by atoms with Gasteiger partial charge in [-0.15, -0.1) is 0 Å². The number of H-pyrrole nitrogens is 1. The maximum atomic E-state index is 15.9. The summed E-state index contributed by atoms with van der Waals surface area (Å²) in [5, 5.41) is 16.6. The normalized spacial score (nSPS) is 20.4. The van der Waals surface area contributed by atoms with Crippen LogP contribution < -0.4 is 5.32 Å². The lowest BCUT2D eigenvalue weighted by Crippen LogP contribution is -2.37. The van der Waals surface area contributed by atoms with Crippen molar-refractivity contribution in [2.45, 2.75) is 83.2 Å². The first kappa shape index (κ1) is 25.2. The summed E-state index contributed by atoms with van der Waals surface area (Å²) in [6, 6.07) is 2.46. The van der Waals surface area contributed by atoms with Crippen LogP contribution in [0.4, 0.5) is 9.18 Å². The predicted molar refractivity (Wildman–Crippen MR) is 135 cm³/mol. The Morgan fingerprint density at radius 1 is 1.14 bits per heavy atom. The number of halogens is 1. The number of amides is 2. The summed E-state index contributed by atoms with van der Waals surface area (Å²) in [6.07, 6.45) is 10.0. The van der Waals surface area contributed by atoms with Gasteiger partial charge < -0.3 is 24.8 Å². The third-order valence-electron chi connectivity index (χ3n) is 7.95. The second-order valence-electron chi connectivity index (χ2n) is 10.3. The van der Waals surface area contributed by atoms with Crippen molar-refractivity contribution in [1.29, 1.82) is 0 Å². The van der Waals surface area contributed by atoms with E-state index in [1.165, 1.54) is 17.6 Å². The lowest BCUT2D eigenvalue weighted by molar-refractivity contribution is 0.0910. The number of nitrogens with one attached hydrogen (secondary N) is 2. The number of aromatic amines is 1. The summed E-state index contributed by atoms with van der Waals surface area (Å²) < 4.78 is 20.8. The zero-order valence-corrected chi connectivity index (χ0v) is 21.1. The molecule has 3 N–H and O–H groups in total. The van der Waals surface area contributed by atoms with E-state index < -0.39 is 24.0 Å². The Morgan fingerprint density at radius 2 is 1.86 bits per heavy atom. The smallest absolute Gasteiger partial charge is 0.407 e. The molecule has 0 spiro atoms. The van der Waals surface area contributed by atoms with E-state index in [2.05, 4.69) is 20.4 Å². The van der Waals surface area contributed by atoms with Gasteiger partial charge in [0.05, 0.1) is 23.3 Å². The number of piperidine rings is 1. The molecule has 1 aliphatic carbocycles. The second-order valence-corrected chi connectivity index (χ2v) is 10.3. The highest BCUT2D eigenvalue weighted by Crippen LogP contribution is 2.37. The number of carbonyl (C=O) groups is 2. The molecule has 2 atom stereocenters. The zero-order valence-electron chi connectivity index (χ0n) is 21.1. The van der Waals surface area contributed by atoms with Gasteiger partial charge in [-0.25, -0.2) is 14.2 Å². The van der Waals surface area contributed by atoms with E-state index in [0.29, 0.717) is 41.1 Å². The second kappa shape index (κ2) is 10.9. The molecule has 5 rings (SSSR count). The van der Waals surface area contributed by atoms with Crippen molar-refractivity contribution in [3.8, 4) is 0 Å². The first-order valence-electron chi connectivity index (χ1n) is 13.3. The van der Waals surface area contributed by atoms with E-state index in [4.69, 9.17) is 4.52 Å². The van der Waals surface area contributed by atoms with Crippen LogP contribution >= 0.6 is 0 Å². The van der Waals surface area contributed by atoms with E-state index in [-0.39, 0.29) is 17.3 Å². The average Bonchev–Trinajstić information content (AvgIpc) is 3.50. The number of nitrogens with zero attached hydrogens (tertiary/aromatic N) is 3. The van der Waals surface area contributed by atoms with Crippen LogP contribution in [-0.4, -0.2) is 43.7 Å². The Balaban J connectivity index is 1.50. The predicted octanol–water partition coefficient (Wildman–Crippen LogP) is 6.04. The van der Waals surface area contributed by atoms with E-state index in [1.807, 2.05) is 0 Å². The number of aromatic nitrogens is 3. The lowest BCUT2D eigenvalue weighted by atomic mass is 9.85. The number of hydrogen-bond acceptors (Lipinski definition) is 5. The van der Waals surface area contributed by atoms with Gasteiger partial charge in [0.25, 0.3) is 5.91 Å². The Bertz CT molecular complexity index is 1260. The van der Waals surface area contributed by atoms with Gasteiger partial charge in [-0.2, -0.15) is 0 Å². The Hall–Kier alpha value is -3.43. The van der Waals surface area contributed by atoms with Crippen LogP contribution in [0.5, 0.6) is 0 Å². The van der Waals surface area contributed by atoms with Crippen LogP contribution in [0.15, 0.2) is 22.9 Å². The van der Waals surface area contributed by atoms with Crippen molar-refractivity contribution in [3.05, 3.63) is 46.9 Å². The molecule has 2 amide bonds. The van der Waals surface area contributed by atoms with Crippen LogP contribution in [0, 0.1) is 18.7 Å². The Morgan fingerprint density at radius 3 is 2.57 bits per heavy atom. The molecule has 2 aromatic heterocycles. The molecule has 2 aliphatic rings. The summed E-state index contributed by atoms with van der Waals surface area (Å²) in [5.41, 5.74) is 1.92. The van der Waals surface area contributed by atoms with Crippen LogP contribution in [0.1, 0.15) is 104 Å². The number of likely N-dealkylation sites (tertiary alicyclic amines) is 1. The molecule has 9 nitrogen and oxygen atoms in total.